The van der Waals surface area contributed by atoms with E-state index in [1.165, 1.54) is 0 Å². The lowest BCUT2D eigenvalue weighted by atomic mass is 9.66. The van der Waals surface area contributed by atoms with E-state index in [0.29, 0.717) is 16.5 Å². The van der Waals surface area contributed by atoms with Crippen LogP contribution >= 0.6 is 11.6 Å². The molecule has 0 saturated heterocycles. The minimum Gasteiger partial charge on any atom is -0.490 e. The maximum absolute atomic E-state index is 12.9. The Morgan fingerprint density at radius 1 is 1.07 bits per heavy atom. The second-order valence-corrected chi connectivity index (χ2v) is 7.52. The zero-order valence-electron chi connectivity index (χ0n) is 15.8. The van der Waals surface area contributed by atoms with Crippen LogP contribution in [0.15, 0.2) is 54.6 Å². The number of amides is 1. The van der Waals surface area contributed by atoms with Gasteiger partial charge in [-0.2, -0.15) is 0 Å². The zero-order chi connectivity index (χ0) is 20.1. The van der Waals surface area contributed by atoms with Crippen molar-refractivity contribution in [1.82, 2.24) is 5.43 Å². The molecule has 0 heterocycles. The predicted octanol–water partition coefficient (Wildman–Crippen LogP) is 3.96. The van der Waals surface area contributed by atoms with Crippen molar-refractivity contribution in [1.29, 1.82) is 0 Å². The summed E-state index contributed by atoms with van der Waals surface area (Å²) in [4.78, 5) is 25.5. The third-order valence-corrected chi connectivity index (χ3v) is 4.78. The number of nitrogens with one attached hydrogen (secondary N) is 2. The molecule has 0 unspecified atom stereocenters. The average Bonchev–Trinajstić information content (AvgIpc) is 2.63. The zero-order valence-corrected chi connectivity index (χ0v) is 16.5. The van der Waals surface area contributed by atoms with Crippen LogP contribution in [0.3, 0.4) is 0 Å². The number of carbonyl (C=O) groups excluding carboxylic acids is 2. The first-order valence-corrected chi connectivity index (χ1v) is 9.52. The summed E-state index contributed by atoms with van der Waals surface area (Å²) in [6.07, 6.45) is -0.0396. The van der Waals surface area contributed by atoms with Crippen LogP contribution < -0.4 is 15.6 Å². The number of hydrazine groups is 1. The highest BCUT2D eigenvalue weighted by molar-refractivity contribution is 6.30. The molecular weight excluding hydrogens is 380 g/mol. The van der Waals surface area contributed by atoms with Gasteiger partial charge in [0.05, 0.1) is 11.8 Å². The SMILES string of the molecule is CC(C)OC(=O)C1(C(=O)NNc2ccc(Cl)cc2)CC(Oc2ccccc2)C1. The molecule has 2 aromatic rings. The molecule has 28 heavy (non-hydrogen) atoms. The van der Waals surface area contributed by atoms with Crippen LogP contribution in [-0.2, 0) is 14.3 Å². The van der Waals surface area contributed by atoms with Crippen molar-refractivity contribution in [3.63, 3.8) is 0 Å². The quantitative estimate of drug-likeness (QED) is 0.416. The van der Waals surface area contributed by atoms with Gasteiger partial charge in [0, 0.05) is 17.9 Å². The van der Waals surface area contributed by atoms with Crippen LogP contribution in [0.1, 0.15) is 26.7 Å². The Kier molecular flexibility index (Phi) is 6.09. The van der Waals surface area contributed by atoms with Crippen molar-refractivity contribution in [2.45, 2.75) is 38.9 Å². The van der Waals surface area contributed by atoms with E-state index in [-0.39, 0.29) is 25.0 Å². The molecule has 1 saturated carbocycles. The van der Waals surface area contributed by atoms with Crippen molar-refractivity contribution in [3.05, 3.63) is 59.6 Å². The van der Waals surface area contributed by atoms with Crippen molar-refractivity contribution in [2.24, 2.45) is 5.41 Å². The molecule has 0 spiro atoms. The highest BCUT2D eigenvalue weighted by Crippen LogP contribution is 2.44. The van der Waals surface area contributed by atoms with Gasteiger partial charge in [-0.05, 0) is 50.2 Å². The van der Waals surface area contributed by atoms with Crippen LogP contribution in [0.4, 0.5) is 5.69 Å². The van der Waals surface area contributed by atoms with Gasteiger partial charge in [-0.3, -0.25) is 20.4 Å². The minimum atomic E-state index is -1.27. The maximum atomic E-state index is 12.9. The Morgan fingerprint density at radius 2 is 1.71 bits per heavy atom. The second-order valence-electron chi connectivity index (χ2n) is 7.08. The summed E-state index contributed by atoms with van der Waals surface area (Å²) in [5, 5.41) is 0.591. The molecule has 0 radical (unpaired) electrons. The number of benzene rings is 2. The summed E-state index contributed by atoms with van der Waals surface area (Å²) in [5.74, 6) is -0.273. The molecule has 6 nitrogen and oxygen atoms in total. The highest BCUT2D eigenvalue weighted by atomic mass is 35.5. The van der Waals surface area contributed by atoms with Crippen LogP contribution in [0.2, 0.25) is 5.02 Å². The molecule has 2 aromatic carbocycles. The molecule has 0 aliphatic heterocycles. The van der Waals surface area contributed by atoms with Gasteiger partial charge < -0.3 is 9.47 Å². The van der Waals surface area contributed by atoms with Gasteiger partial charge >= 0.3 is 5.97 Å². The molecule has 1 aliphatic carbocycles. The number of hydrogen-bond donors (Lipinski definition) is 2. The Bertz CT molecular complexity index is 818. The molecule has 0 aromatic heterocycles. The molecule has 3 rings (SSSR count). The largest absolute Gasteiger partial charge is 0.490 e. The summed E-state index contributed by atoms with van der Waals surface area (Å²) >= 11 is 5.86. The lowest BCUT2D eigenvalue weighted by molar-refractivity contribution is -0.177. The smallest absolute Gasteiger partial charge is 0.322 e. The van der Waals surface area contributed by atoms with Gasteiger partial charge in [0.15, 0.2) is 5.41 Å². The lowest BCUT2D eigenvalue weighted by Crippen LogP contribution is -2.59. The fraction of sp³-hybridized carbons (Fsp3) is 0.333. The van der Waals surface area contributed by atoms with E-state index in [1.54, 1.807) is 38.1 Å². The topological polar surface area (TPSA) is 76.7 Å². The second kappa shape index (κ2) is 8.52. The van der Waals surface area contributed by atoms with Gasteiger partial charge in [-0.25, -0.2) is 0 Å². The predicted molar refractivity (Wildman–Crippen MR) is 107 cm³/mol. The molecule has 1 aliphatic rings. The highest BCUT2D eigenvalue weighted by Gasteiger charge is 2.58. The van der Waals surface area contributed by atoms with Crippen molar-refractivity contribution < 1.29 is 19.1 Å². The van der Waals surface area contributed by atoms with Crippen molar-refractivity contribution in [3.8, 4) is 5.75 Å². The number of anilines is 1. The normalized spacial score (nSPS) is 20.8. The van der Waals surface area contributed by atoms with E-state index in [0.717, 1.165) is 0 Å². The maximum Gasteiger partial charge on any atom is 0.322 e. The lowest BCUT2D eigenvalue weighted by Gasteiger charge is -2.43. The fourth-order valence-electron chi connectivity index (χ4n) is 3.05. The monoisotopic (exact) mass is 402 g/mol. The number of ether oxygens (including phenoxy) is 2. The van der Waals surface area contributed by atoms with Crippen LogP contribution in [0, 0.1) is 5.41 Å². The van der Waals surface area contributed by atoms with E-state index >= 15 is 0 Å². The number of esters is 1. The third-order valence-electron chi connectivity index (χ3n) is 4.53. The number of rotatable bonds is 7. The van der Waals surface area contributed by atoms with E-state index in [4.69, 9.17) is 21.1 Å². The number of carbonyl (C=O) groups is 2. The molecule has 148 valence electrons. The van der Waals surface area contributed by atoms with Gasteiger partial charge in [0.2, 0.25) is 0 Å². The number of para-hydroxylation sites is 1. The number of hydrogen-bond acceptors (Lipinski definition) is 5. The van der Waals surface area contributed by atoms with Crippen LogP contribution in [-0.4, -0.2) is 24.1 Å². The Balaban J connectivity index is 1.66. The van der Waals surface area contributed by atoms with E-state index in [2.05, 4.69) is 10.9 Å². The van der Waals surface area contributed by atoms with Crippen LogP contribution in [0.5, 0.6) is 5.75 Å². The summed E-state index contributed by atoms with van der Waals surface area (Å²) in [6.45, 7) is 3.51. The summed E-state index contributed by atoms with van der Waals surface area (Å²) in [5.41, 5.74) is 4.80. The van der Waals surface area contributed by atoms with Crippen molar-refractivity contribution in [2.75, 3.05) is 5.43 Å². The average molecular weight is 403 g/mol. The summed E-state index contributed by atoms with van der Waals surface area (Å²) in [7, 11) is 0. The van der Waals surface area contributed by atoms with Crippen LogP contribution in [0.25, 0.3) is 0 Å². The Morgan fingerprint density at radius 3 is 2.32 bits per heavy atom. The Hall–Kier alpha value is -2.73. The molecule has 0 bridgehead atoms. The standard InChI is InChI=1S/C21H23ClN2O4/c1-14(2)27-20(26)21(12-18(13-21)28-17-6-4-3-5-7-17)19(25)24-23-16-10-8-15(22)9-11-16/h3-11,14,18,23H,12-13H2,1-2H3,(H,24,25). The molecular formula is C21H23ClN2O4. The van der Waals surface area contributed by atoms with Gasteiger partial charge in [-0.15, -0.1) is 0 Å². The fourth-order valence-corrected chi connectivity index (χ4v) is 3.17. The Labute approximate surface area is 169 Å². The molecule has 2 N–H and O–H groups in total. The summed E-state index contributed by atoms with van der Waals surface area (Å²) < 4.78 is 11.2. The first-order valence-electron chi connectivity index (χ1n) is 9.14. The minimum absolute atomic E-state index is 0.233. The third kappa shape index (κ3) is 4.57. The van der Waals surface area contributed by atoms with E-state index in [1.807, 2.05) is 30.3 Å². The first kappa shape index (κ1) is 20.0. The molecule has 7 heteroatoms. The molecule has 0 atom stereocenters. The van der Waals surface area contributed by atoms with Crippen molar-refractivity contribution >= 4 is 29.2 Å². The van der Waals surface area contributed by atoms with Gasteiger partial charge in [0.25, 0.3) is 5.91 Å². The molecule has 1 amide bonds. The van der Waals surface area contributed by atoms with Gasteiger partial charge in [-0.1, -0.05) is 29.8 Å². The first-order chi connectivity index (χ1) is 13.4. The van der Waals surface area contributed by atoms with E-state index in [9.17, 15) is 9.59 Å². The van der Waals surface area contributed by atoms with Gasteiger partial charge in [0.1, 0.15) is 11.9 Å². The van der Waals surface area contributed by atoms with E-state index < -0.39 is 17.3 Å². The summed E-state index contributed by atoms with van der Waals surface area (Å²) in [6, 6.07) is 16.2. The molecule has 1 fully saturated rings. The number of halogens is 1.